The van der Waals surface area contributed by atoms with E-state index in [1.807, 2.05) is 165 Å². The lowest BCUT2D eigenvalue weighted by atomic mass is 10.1. The molecule has 3 atom stereocenters. The highest BCUT2D eigenvalue weighted by Gasteiger charge is 2.42. The van der Waals surface area contributed by atoms with Gasteiger partial charge < -0.3 is 54.4 Å². The van der Waals surface area contributed by atoms with Crippen molar-refractivity contribution in [1.29, 1.82) is 0 Å². The Morgan fingerprint density at radius 2 is 0.811 bits per heavy atom. The molecule has 3 amide bonds. The van der Waals surface area contributed by atoms with Crippen LogP contribution in [0.1, 0.15) is 133 Å². The summed E-state index contributed by atoms with van der Waals surface area (Å²) in [6.45, 7) is 10.6. The van der Waals surface area contributed by atoms with Gasteiger partial charge in [-0.1, -0.05) is 125 Å². The molecule has 8 aromatic carbocycles. The van der Waals surface area contributed by atoms with E-state index in [0.29, 0.717) is 157 Å². The number of hydrogen-bond acceptors (Lipinski definition) is 23. The summed E-state index contributed by atoms with van der Waals surface area (Å²) in [4.78, 5) is 135. The molecule has 3 saturated heterocycles. The molecule has 2 unspecified atom stereocenters. The Bertz CT molecular complexity index is 6820. The molecule has 2 N–H and O–H groups in total. The van der Waals surface area contributed by atoms with E-state index in [4.69, 9.17) is 75.8 Å². The maximum atomic E-state index is 14.2. The number of methoxy groups -OCH3 is 2. The van der Waals surface area contributed by atoms with Crippen molar-refractivity contribution in [2.75, 3.05) is 99.9 Å². The number of fused-ring (bicyclic) bond motifs is 6. The van der Waals surface area contributed by atoms with Crippen molar-refractivity contribution in [3.8, 4) is 28.6 Å². The summed E-state index contributed by atoms with van der Waals surface area (Å²) in [6, 6.07) is 54.7. The molecular weight excluding hydrogens is 1690 g/mol. The van der Waals surface area contributed by atoms with Crippen LogP contribution in [0.15, 0.2) is 209 Å². The molecule has 29 nitrogen and oxygen atoms in total. The average Bonchev–Trinajstić information content (AvgIpc) is 1.71. The van der Waals surface area contributed by atoms with E-state index in [-0.39, 0.29) is 57.7 Å². The van der Waals surface area contributed by atoms with Crippen molar-refractivity contribution in [2.24, 2.45) is 0 Å². The van der Waals surface area contributed by atoms with Gasteiger partial charge in [0.05, 0.1) is 117 Å². The number of anilines is 5. The Balaban J connectivity index is 0.000000124. The number of aromatic nitrogens is 12. The highest BCUT2D eigenvalue weighted by Crippen LogP contribution is 2.44. The molecule has 0 spiro atoms. The lowest BCUT2D eigenvalue weighted by Crippen LogP contribution is -2.46. The molecule has 6 aromatic heterocycles. The highest BCUT2D eigenvalue weighted by molar-refractivity contribution is 6.36. The van der Waals surface area contributed by atoms with Gasteiger partial charge >= 0.3 is 0 Å². The molecule has 33 heteroatoms. The van der Waals surface area contributed by atoms with Gasteiger partial charge in [0.2, 0.25) is 0 Å². The maximum absolute atomic E-state index is 14.2. The van der Waals surface area contributed by atoms with Crippen LogP contribution < -0.4 is 56.4 Å². The minimum Gasteiger partial charge on any atom is -0.497 e. The molecule has 0 bridgehead atoms. The smallest absolute Gasteiger partial charge is 0.267 e. The Hall–Kier alpha value is -13.5. The van der Waals surface area contributed by atoms with Crippen LogP contribution in [0.3, 0.4) is 0 Å². The first kappa shape index (κ1) is 85.7. The predicted octanol–water partition coefficient (Wildman–Crippen LogP) is 15.4. The fourth-order valence-corrected chi connectivity index (χ4v) is 18.3. The van der Waals surface area contributed by atoms with Gasteiger partial charge in [-0.05, 0) is 191 Å². The summed E-state index contributed by atoms with van der Waals surface area (Å²) in [5.74, 6) is 5.82. The van der Waals surface area contributed by atoms with Crippen molar-refractivity contribution < 1.29 is 23.9 Å². The molecule has 646 valence electrons. The zero-order valence-corrected chi connectivity index (χ0v) is 73.9. The highest BCUT2D eigenvalue weighted by atomic mass is 35.5. The van der Waals surface area contributed by atoms with Gasteiger partial charge in [0.1, 0.15) is 98.9 Å². The van der Waals surface area contributed by atoms with E-state index < -0.39 is 0 Å². The van der Waals surface area contributed by atoms with Crippen LogP contribution in [0.25, 0.3) is 49.8 Å². The van der Waals surface area contributed by atoms with Gasteiger partial charge in [0.15, 0.2) is 0 Å². The van der Waals surface area contributed by atoms with Gasteiger partial charge in [-0.15, -0.1) is 0 Å². The third-order valence-corrected chi connectivity index (χ3v) is 24.7. The third kappa shape index (κ3) is 17.0. The molecular formula is C94H89Cl4N21O8. The molecule has 0 aliphatic carbocycles. The zero-order valence-electron chi connectivity index (χ0n) is 70.9. The number of nitrogens with one attached hydrogen (secondary N) is 2. The van der Waals surface area contributed by atoms with Crippen molar-refractivity contribution in [1.82, 2.24) is 78.6 Å². The molecule has 127 heavy (non-hydrogen) atoms. The molecule has 6 aliphatic rings. The summed E-state index contributed by atoms with van der Waals surface area (Å²) >= 11 is 25.4. The summed E-state index contributed by atoms with van der Waals surface area (Å²) in [5.41, 5.74) is 9.95. The predicted molar refractivity (Wildman–Crippen MR) is 494 cm³/mol. The molecule has 0 radical (unpaired) electrons. The standard InChI is InChI=1S/C34H32ClN7O3.C26H24ClN7O2.C19H18ClN3O.C15H15ClN4O2/c1-21-7-4-8-23(17-21)42-30(38-26-10-5-9-25(35)28(26)34(42)44)27-11-6-16-41(27)32-29-31(36-19-37-32)40(20-39(2)33(29)43)18-22-12-14-24(45-3)15-13-22;1-15-6-3-7-16(12-15)34-23(31-18-9-4-8-17(27)20(18)26(34)36)19-10-5-11-33(19)24-21-22(28-13-29-24)30-14-32(2)25(21)35;1-12-5-2-6-13(11-12)23-18(16-9-4-10-21-16)22-15-8-3-7-14(20)17(15)19(23)24;1-19-9-20(7-10-3-5-11(22-2)6-4-10)14-12(15(19)21)13(16)17-8-18-14/h4-5,7-10,12-15,17,19,27H,6,11,16,18,20H2,1-3H3;3-4,6-9,12-13,19H,5,10-11,14H2,1-2H3,(H,28,29,30);2-3,5-8,11,16,21H,4,9-10H2,1H3;3-6,8H,7,9H2,1-2H3/t;;16-;/m..0./s1. The monoisotopic (exact) mass is 1780 g/mol. The normalized spacial score (nSPS) is 16.5. The molecule has 3 fully saturated rings. The number of halogens is 4. The quantitative estimate of drug-likeness (QED) is 0.0956. The second kappa shape index (κ2) is 36.6. The zero-order chi connectivity index (χ0) is 88.6. The van der Waals surface area contributed by atoms with Crippen molar-refractivity contribution in [2.45, 2.75) is 90.5 Å². The Morgan fingerprint density at radius 3 is 1.25 bits per heavy atom. The van der Waals surface area contributed by atoms with E-state index in [2.05, 4.69) is 50.3 Å². The second-order valence-corrected chi connectivity index (χ2v) is 33.6. The molecule has 14 aromatic rings. The molecule has 12 heterocycles. The van der Waals surface area contributed by atoms with E-state index in [1.54, 1.807) is 100 Å². The number of ether oxygens (including phenoxy) is 2. The van der Waals surface area contributed by atoms with Crippen LogP contribution in [-0.4, -0.2) is 166 Å². The van der Waals surface area contributed by atoms with Gasteiger partial charge in [-0.3, -0.25) is 42.5 Å². The van der Waals surface area contributed by atoms with Gasteiger partial charge in [0.25, 0.3) is 34.4 Å². The first-order valence-electron chi connectivity index (χ1n) is 41.6. The minimum atomic E-state index is -0.323. The van der Waals surface area contributed by atoms with Crippen LogP contribution in [-0.2, 0) is 13.1 Å². The number of hydrogen-bond donors (Lipinski definition) is 2. The second-order valence-electron chi connectivity index (χ2n) is 32.0. The van der Waals surface area contributed by atoms with E-state index in [0.717, 1.165) is 102 Å². The lowest BCUT2D eigenvalue weighted by Gasteiger charge is -2.37. The molecule has 20 rings (SSSR count). The van der Waals surface area contributed by atoms with Crippen LogP contribution in [0, 0.1) is 20.8 Å². The average molecular weight is 1780 g/mol. The van der Waals surface area contributed by atoms with Gasteiger partial charge in [0, 0.05) is 47.3 Å². The number of aryl methyl sites for hydroxylation is 3. The Kier molecular flexibility index (Phi) is 24.7. The van der Waals surface area contributed by atoms with Crippen LogP contribution in [0.5, 0.6) is 11.5 Å². The molecule has 6 aliphatic heterocycles. The van der Waals surface area contributed by atoms with Crippen molar-refractivity contribution in [3.63, 3.8) is 0 Å². The van der Waals surface area contributed by atoms with Crippen LogP contribution in [0.2, 0.25) is 20.2 Å². The topological polar surface area (TPSA) is 298 Å². The first-order valence-corrected chi connectivity index (χ1v) is 43.1. The Labute approximate surface area is 750 Å². The van der Waals surface area contributed by atoms with Crippen molar-refractivity contribution in [3.05, 3.63) is 308 Å². The summed E-state index contributed by atoms with van der Waals surface area (Å²) in [5, 5.41) is 9.22. The van der Waals surface area contributed by atoms with E-state index >= 15 is 0 Å². The number of nitrogens with zero attached hydrogens (tertiary/aromatic N) is 19. The summed E-state index contributed by atoms with van der Waals surface area (Å²) in [6.07, 6.45) is 9.59. The SMILES string of the molecule is COc1ccc(CN2CN(C)C(=O)c3c(Cl)ncnc32)cc1.COc1ccc(CN2CN(C)C(=O)c3c2ncnc3N2CCCC2c2nc3cccc(Cl)c3c(=O)n2-c2cccc(C)c2)cc1.Cc1cccc(-n2c(C3CCCN3c3ncnc4c3C(=O)N(C)CN4)nc3cccc(Cl)c3c2=O)c1.Cc1cccc(-n2c([C@@H]3CCCN3)nc3cccc(Cl)c3c2=O)c1. The number of rotatable bonds is 14. The first-order chi connectivity index (χ1) is 61.5. The number of carbonyl (C=O) groups is 3. The third-order valence-electron chi connectivity index (χ3n) is 23.4. The fraction of sp³-hybridized carbons (Fsp3) is 0.266. The van der Waals surface area contributed by atoms with Gasteiger partial charge in [-0.2, -0.15) is 0 Å². The summed E-state index contributed by atoms with van der Waals surface area (Å²) < 4.78 is 15.5. The molecule has 0 saturated carbocycles. The van der Waals surface area contributed by atoms with Crippen LogP contribution in [0.4, 0.5) is 29.1 Å². The lowest BCUT2D eigenvalue weighted by molar-refractivity contribution is 0.0773. The van der Waals surface area contributed by atoms with E-state index in [9.17, 15) is 28.8 Å². The number of amides is 3. The maximum Gasteiger partial charge on any atom is 0.267 e. The van der Waals surface area contributed by atoms with E-state index in [1.165, 1.54) is 19.0 Å². The Morgan fingerprint density at radius 1 is 0.417 bits per heavy atom. The van der Waals surface area contributed by atoms with Crippen molar-refractivity contribution >= 4 is 126 Å². The van der Waals surface area contributed by atoms with Crippen LogP contribution >= 0.6 is 46.4 Å². The summed E-state index contributed by atoms with van der Waals surface area (Å²) in [7, 11) is 8.53. The number of carbonyl (C=O) groups excluding carboxylic acids is 3. The van der Waals surface area contributed by atoms with Gasteiger partial charge in [-0.25, -0.2) is 44.9 Å². The minimum absolute atomic E-state index is 0.0848. The fourth-order valence-electron chi connectivity index (χ4n) is 17.3. The number of benzene rings is 8. The largest absolute Gasteiger partial charge is 0.497 e.